The highest BCUT2D eigenvalue weighted by Gasteiger charge is 2.29. The molecule has 1 amide bonds. The zero-order valence-electron chi connectivity index (χ0n) is 15.0. The number of nitriles is 1. The highest BCUT2D eigenvalue weighted by molar-refractivity contribution is 6.36. The number of benzene rings is 2. The summed E-state index contributed by atoms with van der Waals surface area (Å²) < 4.78 is 0. The molecule has 7 nitrogen and oxygen atoms in total. The molecule has 0 fully saturated rings. The fraction of sp³-hybridized carbons (Fsp3) is 0.150. The van der Waals surface area contributed by atoms with Crippen LogP contribution in [-0.4, -0.2) is 29.6 Å². The van der Waals surface area contributed by atoms with Gasteiger partial charge in [0.25, 0.3) is 0 Å². The van der Waals surface area contributed by atoms with Gasteiger partial charge in [-0.2, -0.15) is 5.26 Å². The predicted octanol–water partition coefficient (Wildman–Crippen LogP) is 4.22. The summed E-state index contributed by atoms with van der Waals surface area (Å²) in [5.74, 6) is -1.46. The van der Waals surface area contributed by atoms with Gasteiger partial charge >= 0.3 is 5.97 Å². The Kier molecular flexibility index (Phi) is 6.27. The largest absolute Gasteiger partial charge is 0.480 e. The predicted molar refractivity (Wildman–Crippen MR) is 113 cm³/mol. The molecule has 29 heavy (non-hydrogen) atoms. The van der Waals surface area contributed by atoms with Gasteiger partial charge in [0.05, 0.1) is 11.1 Å². The van der Waals surface area contributed by atoms with Gasteiger partial charge < -0.3 is 21.1 Å². The molecule has 1 atom stereocenters. The summed E-state index contributed by atoms with van der Waals surface area (Å²) in [6.07, 6.45) is 1.44. The fourth-order valence-corrected chi connectivity index (χ4v) is 3.62. The third kappa shape index (κ3) is 4.99. The Hall–Kier alpha value is -3.21. The average Bonchev–Trinajstić information content (AvgIpc) is 2.66. The third-order valence-corrected chi connectivity index (χ3v) is 4.77. The molecule has 9 heteroatoms. The van der Waals surface area contributed by atoms with Crippen LogP contribution in [0.15, 0.2) is 42.5 Å². The van der Waals surface area contributed by atoms with Gasteiger partial charge in [0, 0.05) is 40.1 Å². The minimum Gasteiger partial charge on any atom is -0.480 e. The molecule has 1 heterocycles. The molecule has 3 rings (SSSR count). The van der Waals surface area contributed by atoms with E-state index in [0.717, 1.165) is 5.69 Å². The average molecular weight is 431 g/mol. The molecule has 2 aromatic carbocycles. The monoisotopic (exact) mass is 430 g/mol. The summed E-state index contributed by atoms with van der Waals surface area (Å²) >= 11 is 12.3. The van der Waals surface area contributed by atoms with E-state index in [-0.39, 0.29) is 13.0 Å². The van der Waals surface area contributed by atoms with E-state index in [1.165, 1.54) is 6.08 Å². The topological polar surface area (TPSA) is 114 Å². The summed E-state index contributed by atoms with van der Waals surface area (Å²) in [6, 6.07) is 11.1. The first kappa shape index (κ1) is 20.5. The van der Waals surface area contributed by atoms with Crippen LogP contribution in [0.3, 0.4) is 0 Å². The van der Waals surface area contributed by atoms with Crippen LogP contribution in [0.25, 0.3) is 5.57 Å². The first-order valence-electron chi connectivity index (χ1n) is 8.58. The summed E-state index contributed by atoms with van der Waals surface area (Å²) in [4.78, 5) is 24.0. The number of fused-ring (bicyclic) bond motifs is 1. The molecule has 4 N–H and O–H groups in total. The van der Waals surface area contributed by atoms with Gasteiger partial charge in [0.2, 0.25) is 5.91 Å². The number of anilines is 3. The van der Waals surface area contributed by atoms with Gasteiger partial charge in [0.1, 0.15) is 12.6 Å². The third-order valence-electron chi connectivity index (χ3n) is 4.26. The second-order valence-electron chi connectivity index (χ2n) is 6.30. The van der Waals surface area contributed by atoms with E-state index in [1.807, 2.05) is 6.07 Å². The van der Waals surface area contributed by atoms with Crippen molar-refractivity contribution in [1.82, 2.24) is 0 Å². The number of nitrogens with zero attached hydrogens (tertiary/aromatic N) is 1. The van der Waals surface area contributed by atoms with Crippen LogP contribution in [-0.2, 0) is 9.59 Å². The normalized spacial score (nSPS) is 16.3. The van der Waals surface area contributed by atoms with Crippen molar-refractivity contribution in [3.8, 4) is 6.07 Å². The lowest BCUT2D eigenvalue weighted by Gasteiger charge is -2.27. The maximum atomic E-state index is 12.5. The second-order valence-corrected chi connectivity index (χ2v) is 7.14. The molecule has 1 aliphatic rings. The fourth-order valence-electron chi connectivity index (χ4n) is 3.00. The Balaban J connectivity index is 1.84. The standard InChI is InChI=1S/C20H16Cl2N4O3/c21-12-9-15(22)19-11(7-17(20(28)29)26-16(19)10-12)8-18(27)25-14-3-1-13(2-4-14)24-6-5-23/h1-4,8-10,17,24,26H,6-7H2,(H,25,27)(H,28,29)/b11-8+. The number of amides is 1. The maximum absolute atomic E-state index is 12.5. The Morgan fingerprint density at radius 1 is 1.24 bits per heavy atom. The molecule has 0 radical (unpaired) electrons. The number of carbonyl (C=O) groups is 2. The molecule has 0 saturated carbocycles. The van der Waals surface area contributed by atoms with Crippen LogP contribution in [0.4, 0.5) is 17.1 Å². The number of carbonyl (C=O) groups excluding carboxylic acids is 1. The van der Waals surface area contributed by atoms with Crippen LogP contribution in [0.1, 0.15) is 12.0 Å². The molecule has 0 saturated heterocycles. The van der Waals surface area contributed by atoms with Gasteiger partial charge in [0.15, 0.2) is 0 Å². The van der Waals surface area contributed by atoms with Crippen LogP contribution in [0, 0.1) is 11.3 Å². The highest BCUT2D eigenvalue weighted by atomic mass is 35.5. The van der Waals surface area contributed by atoms with E-state index in [1.54, 1.807) is 36.4 Å². The van der Waals surface area contributed by atoms with Gasteiger partial charge in [-0.15, -0.1) is 0 Å². The van der Waals surface area contributed by atoms with Crippen molar-refractivity contribution < 1.29 is 14.7 Å². The van der Waals surface area contributed by atoms with Gasteiger partial charge in [-0.1, -0.05) is 23.2 Å². The van der Waals surface area contributed by atoms with Crippen LogP contribution in [0.2, 0.25) is 10.0 Å². The zero-order valence-corrected chi connectivity index (χ0v) is 16.5. The second kappa shape index (κ2) is 8.86. The van der Waals surface area contributed by atoms with E-state index >= 15 is 0 Å². The molecular weight excluding hydrogens is 415 g/mol. The van der Waals surface area contributed by atoms with E-state index in [4.69, 9.17) is 28.5 Å². The lowest BCUT2D eigenvalue weighted by atomic mass is 9.92. The Labute approximate surface area is 176 Å². The molecule has 1 aliphatic heterocycles. The first-order valence-corrected chi connectivity index (χ1v) is 9.34. The van der Waals surface area contributed by atoms with Crippen molar-refractivity contribution in [2.24, 2.45) is 0 Å². The lowest BCUT2D eigenvalue weighted by molar-refractivity contribution is -0.137. The molecular formula is C20H16Cl2N4O3. The SMILES string of the molecule is N#CCNc1ccc(NC(=O)/C=C2\CC(C(=O)O)Nc3cc(Cl)cc(Cl)c32)cc1. The quantitative estimate of drug-likeness (QED) is 0.417. The van der Waals surface area contributed by atoms with Gasteiger partial charge in [-0.25, -0.2) is 4.79 Å². The Morgan fingerprint density at radius 3 is 2.59 bits per heavy atom. The van der Waals surface area contributed by atoms with E-state index in [2.05, 4.69) is 16.0 Å². The zero-order chi connectivity index (χ0) is 21.0. The molecule has 0 spiro atoms. The first-order chi connectivity index (χ1) is 13.9. The van der Waals surface area contributed by atoms with Crippen molar-refractivity contribution in [2.75, 3.05) is 22.5 Å². The minimum absolute atomic E-state index is 0.0914. The highest BCUT2D eigenvalue weighted by Crippen LogP contribution is 2.40. The van der Waals surface area contributed by atoms with Crippen molar-refractivity contribution in [2.45, 2.75) is 12.5 Å². The summed E-state index contributed by atoms with van der Waals surface area (Å²) in [7, 11) is 0. The van der Waals surface area contributed by atoms with Crippen LogP contribution < -0.4 is 16.0 Å². The molecule has 0 bridgehead atoms. The summed E-state index contributed by atoms with van der Waals surface area (Å²) in [6.45, 7) is 0.181. The van der Waals surface area contributed by atoms with Crippen molar-refractivity contribution in [3.05, 3.63) is 58.1 Å². The molecule has 2 aromatic rings. The Morgan fingerprint density at radius 2 is 1.93 bits per heavy atom. The van der Waals surface area contributed by atoms with Crippen molar-refractivity contribution >= 4 is 57.7 Å². The van der Waals surface area contributed by atoms with Gasteiger partial charge in [-0.3, -0.25) is 4.79 Å². The number of hydrogen-bond acceptors (Lipinski definition) is 5. The van der Waals surface area contributed by atoms with Gasteiger partial charge in [-0.05, 0) is 42.0 Å². The number of carboxylic acids is 1. The number of aliphatic carboxylic acids is 1. The van der Waals surface area contributed by atoms with Crippen molar-refractivity contribution in [3.63, 3.8) is 0 Å². The van der Waals surface area contributed by atoms with E-state index in [9.17, 15) is 14.7 Å². The summed E-state index contributed by atoms with van der Waals surface area (Å²) in [5, 5.41) is 27.2. The number of hydrogen-bond donors (Lipinski definition) is 4. The molecule has 1 unspecified atom stereocenters. The van der Waals surface area contributed by atoms with E-state index in [0.29, 0.717) is 32.6 Å². The number of nitrogens with one attached hydrogen (secondary N) is 3. The smallest absolute Gasteiger partial charge is 0.326 e. The molecule has 148 valence electrons. The Bertz CT molecular complexity index is 1030. The van der Waals surface area contributed by atoms with Crippen molar-refractivity contribution in [1.29, 1.82) is 5.26 Å². The van der Waals surface area contributed by atoms with E-state index < -0.39 is 17.9 Å². The summed E-state index contributed by atoms with van der Waals surface area (Å²) in [5.41, 5.74) is 2.83. The maximum Gasteiger partial charge on any atom is 0.326 e. The minimum atomic E-state index is -1.04. The molecule has 0 aliphatic carbocycles. The van der Waals surface area contributed by atoms with Crippen LogP contribution >= 0.6 is 23.2 Å². The molecule has 0 aromatic heterocycles. The number of rotatable bonds is 5. The lowest BCUT2D eigenvalue weighted by Crippen LogP contribution is -2.33. The number of halogens is 2. The van der Waals surface area contributed by atoms with Crippen LogP contribution in [0.5, 0.6) is 0 Å². The number of carboxylic acid groups (broad SMARTS) is 1.